The lowest BCUT2D eigenvalue weighted by molar-refractivity contribution is -0.145. The van der Waals surface area contributed by atoms with E-state index in [1.165, 1.54) is 0 Å². The van der Waals surface area contributed by atoms with Crippen molar-refractivity contribution in [2.75, 3.05) is 7.11 Å². The summed E-state index contributed by atoms with van der Waals surface area (Å²) in [5.74, 6) is 0.495. The van der Waals surface area contributed by atoms with Gasteiger partial charge in [-0.2, -0.15) is 0 Å². The monoisotopic (exact) mass is 376 g/mol. The van der Waals surface area contributed by atoms with E-state index in [2.05, 4.69) is 0 Å². The van der Waals surface area contributed by atoms with E-state index in [0.717, 1.165) is 42.6 Å². The molecule has 2 aromatic carbocycles. The average Bonchev–Trinajstić information content (AvgIpc) is 2.62. The number of hydrogen-bond acceptors (Lipinski definition) is 3. The number of methoxy groups -OCH3 is 1. The van der Waals surface area contributed by atoms with E-state index in [9.17, 15) is 9.90 Å². The predicted molar refractivity (Wildman–Crippen MR) is 103 cm³/mol. The van der Waals surface area contributed by atoms with E-state index in [4.69, 9.17) is 21.1 Å². The van der Waals surface area contributed by atoms with Gasteiger partial charge >= 0.3 is 5.97 Å². The normalized spacial score (nSPS) is 11.8. The Morgan fingerprint density at radius 1 is 1.12 bits per heavy atom. The zero-order valence-corrected chi connectivity index (χ0v) is 16.0. The molecule has 0 aromatic heterocycles. The molecule has 0 aliphatic heterocycles. The highest BCUT2D eigenvalue weighted by molar-refractivity contribution is 6.30. The van der Waals surface area contributed by atoms with Crippen LogP contribution in [0.3, 0.4) is 0 Å². The fraction of sp³-hybridized carbons (Fsp3) is 0.381. The van der Waals surface area contributed by atoms with Crippen LogP contribution in [-0.2, 0) is 11.2 Å². The molecule has 0 aliphatic carbocycles. The summed E-state index contributed by atoms with van der Waals surface area (Å²) in [7, 11) is 1.65. The second-order valence-corrected chi connectivity index (χ2v) is 6.75. The van der Waals surface area contributed by atoms with Gasteiger partial charge in [0.05, 0.1) is 7.11 Å². The van der Waals surface area contributed by atoms with Crippen LogP contribution in [0.1, 0.15) is 36.8 Å². The van der Waals surface area contributed by atoms with Crippen LogP contribution in [-0.4, -0.2) is 24.3 Å². The quantitative estimate of drug-likeness (QED) is 0.572. The molecule has 0 radical (unpaired) electrons. The number of carbonyl (C=O) groups is 1. The second-order valence-electron chi connectivity index (χ2n) is 6.31. The number of carboxylic acids is 1. The van der Waals surface area contributed by atoms with Crippen molar-refractivity contribution in [2.45, 2.75) is 45.1 Å². The molecule has 0 bridgehead atoms. The summed E-state index contributed by atoms with van der Waals surface area (Å²) in [6.07, 6.45) is 3.14. The van der Waals surface area contributed by atoms with Gasteiger partial charge < -0.3 is 14.6 Å². The lowest BCUT2D eigenvalue weighted by Crippen LogP contribution is -2.26. The van der Waals surface area contributed by atoms with Crippen molar-refractivity contribution in [3.8, 4) is 11.5 Å². The van der Waals surface area contributed by atoms with Crippen LogP contribution in [0.4, 0.5) is 0 Å². The van der Waals surface area contributed by atoms with Gasteiger partial charge in [-0.25, -0.2) is 4.79 Å². The van der Waals surface area contributed by atoms with Crippen molar-refractivity contribution < 1.29 is 19.4 Å². The van der Waals surface area contributed by atoms with Crippen LogP contribution in [0.25, 0.3) is 0 Å². The first kappa shape index (κ1) is 20.1. The Morgan fingerprint density at radius 2 is 1.85 bits per heavy atom. The summed E-state index contributed by atoms with van der Waals surface area (Å²) in [4.78, 5) is 11.4. The third-order valence-corrected chi connectivity index (χ3v) is 4.46. The molecule has 2 rings (SSSR count). The minimum Gasteiger partial charge on any atom is -0.496 e. The van der Waals surface area contributed by atoms with Crippen LogP contribution < -0.4 is 9.47 Å². The molecule has 4 nitrogen and oxygen atoms in total. The highest BCUT2D eigenvalue weighted by atomic mass is 35.5. The van der Waals surface area contributed by atoms with Gasteiger partial charge in [0.1, 0.15) is 11.5 Å². The molecule has 0 spiro atoms. The Morgan fingerprint density at radius 3 is 2.50 bits per heavy atom. The van der Waals surface area contributed by atoms with Gasteiger partial charge in [0.25, 0.3) is 0 Å². The van der Waals surface area contributed by atoms with E-state index in [0.29, 0.717) is 17.2 Å². The molecule has 2 aromatic rings. The largest absolute Gasteiger partial charge is 0.496 e. The smallest absolute Gasteiger partial charge is 0.344 e. The number of unbranched alkanes of at least 4 members (excludes halogenated alkanes) is 2. The van der Waals surface area contributed by atoms with Gasteiger partial charge in [0.2, 0.25) is 0 Å². The molecule has 140 valence electrons. The van der Waals surface area contributed by atoms with Crippen LogP contribution in [0.2, 0.25) is 5.02 Å². The number of halogens is 1. The molecule has 0 aliphatic rings. The number of aryl methyl sites for hydroxylation is 2. The molecule has 0 saturated carbocycles. The van der Waals surface area contributed by atoms with Crippen LogP contribution in [0, 0.1) is 6.92 Å². The minimum absolute atomic E-state index is 0.482. The highest BCUT2D eigenvalue weighted by Gasteiger charge is 2.18. The topological polar surface area (TPSA) is 55.8 Å². The third-order valence-electron chi connectivity index (χ3n) is 4.23. The van der Waals surface area contributed by atoms with E-state index < -0.39 is 12.1 Å². The van der Waals surface area contributed by atoms with Gasteiger partial charge in [0, 0.05) is 5.02 Å². The zero-order valence-electron chi connectivity index (χ0n) is 15.2. The van der Waals surface area contributed by atoms with Gasteiger partial charge in [-0.1, -0.05) is 35.7 Å². The lowest BCUT2D eigenvalue weighted by atomic mass is 10.0. The molecule has 1 unspecified atom stereocenters. The molecule has 5 heteroatoms. The summed E-state index contributed by atoms with van der Waals surface area (Å²) in [5, 5.41) is 10.1. The molecule has 1 atom stereocenters. The van der Waals surface area contributed by atoms with Gasteiger partial charge in [-0.15, -0.1) is 0 Å². The Hall–Kier alpha value is -2.20. The lowest BCUT2D eigenvalue weighted by Gasteiger charge is -2.15. The van der Waals surface area contributed by atoms with Crippen LogP contribution >= 0.6 is 11.6 Å². The van der Waals surface area contributed by atoms with Crippen molar-refractivity contribution in [1.29, 1.82) is 0 Å². The standard InChI is InChI=1S/C21H25ClO4/c1-15-8-11-18(12-9-15)26-20(21(23)24)7-5-3-4-6-16-14-17(22)10-13-19(16)25-2/h8-14,20H,3-7H2,1-2H3,(H,23,24). The highest BCUT2D eigenvalue weighted by Crippen LogP contribution is 2.25. The summed E-state index contributed by atoms with van der Waals surface area (Å²) >= 11 is 6.04. The Bertz CT molecular complexity index is 712. The predicted octanol–water partition coefficient (Wildman–Crippen LogP) is 5.29. The molecule has 0 heterocycles. The number of ether oxygens (including phenoxy) is 2. The Kier molecular flexibility index (Phi) is 7.79. The fourth-order valence-electron chi connectivity index (χ4n) is 2.78. The maximum absolute atomic E-state index is 11.4. The molecule has 0 amide bonds. The average molecular weight is 377 g/mol. The van der Waals surface area contributed by atoms with E-state index in [-0.39, 0.29) is 0 Å². The molecule has 0 fully saturated rings. The first-order valence-corrected chi connectivity index (χ1v) is 9.16. The third kappa shape index (κ3) is 6.26. The SMILES string of the molecule is COc1ccc(Cl)cc1CCCCCC(Oc1ccc(C)cc1)C(=O)O. The van der Waals surface area contributed by atoms with E-state index in [1.807, 2.05) is 37.3 Å². The summed E-state index contributed by atoms with van der Waals surface area (Å²) in [6.45, 7) is 1.98. The first-order valence-electron chi connectivity index (χ1n) is 8.78. The van der Waals surface area contributed by atoms with E-state index >= 15 is 0 Å². The van der Waals surface area contributed by atoms with Crippen molar-refractivity contribution >= 4 is 17.6 Å². The number of carboxylic acid groups (broad SMARTS) is 1. The summed E-state index contributed by atoms with van der Waals surface area (Å²) < 4.78 is 11.0. The number of aliphatic carboxylic acids is 1. The van der Waals surface area contributed by atoms with Gasteiger partial charge in [-0.3, -0.25) is 0 Å². The van der Waals surface area contributed by atoms with Crippen molar-refractivity contribution in [2.24, 2.45) is 0 Å². The van der Waals surface area contributed by atoms with E-state index in [1.54, 1.807) is 19.2 Å². The second kappa shape index (κ2) is 10.1. The van der Waals surface area contributed by atoms with Crippen LogP contribution in [0.15, 0.2) is 42.5 Å². The number of hydrogen-bond donors (Lipinski definition) is 1. The van der Waals surface area contributed by atoms with Crippen LogP contribution in [0.5, 0.6) is 11.5 Å². The Labute approximate surface area is 159 Å². The number of benzene rings is 2. The maximum atomic E-state index is 11.4. The van der Waals surface area contributed by atoms with Crippen molar-refractivity contribution in [1.82, 2.24) is 0 Å². The maximum Gasteiger partial charge on any atom is 0.344 e. The number of rotatable bonds is 10. The molecule has 0 saturated heterocycles. The molecular weight excluding hydrogens is 352 g/mol. The van der Waals surface area contributed by atoms with Gasteiger partial charge in [-0.05, 0) is 68.5 Å². The first-order chi connectivity index (χ1) is 12.5. The van der Waals surface area contributed by atoms with Crippen molar-refractivity contribution in [3.63, 3.8) is 0 Å². The van der Waals surface area contributed by atoms with Crippen molar-refractivity contribution in [3.05, 3.63) is 58.6 Å². The summed E-state index contributed by atoms with van der Waals surface area (Å²) in [5.41, 5.74) is 2.19. The van der Waals surface area contributed by atoms with Gasteiger partial charge in [0.15, 0.2) is 6.10 Å². The molecular formula is C21H25ClO4. The minimum atomic E-state index is -0.929. The summed E-state index contributed by atoms with van der Waals surface area (Å²) in [6, 6.07) is 13.0. The fourth-order valence-corrected chi connectivity index (χ4v) is 2.97. The molecule has 26 heavy (non-hydrogen) atoms. The molecule has 1 N–H and O–H groups in total. The Balaban J connectivity index is 1.78. The zero-order chi connectivity index (χ0) is 18.9.